The highest BCUT2D eigenvalue weighted by molar-refractivity contribution is 5.43. The van der Waals surface area contributed by atoms with E-state index < -0.39 is 18.9 Å². The smallest absolute Gasteiger partial charge is 0.401 e. The summed E-state index contributed by atoms with van der Waals surface area (Å²) in [5, 5.41) is 32.9. The highest BCUT2D eigenvalue weighted by Gasteiger charge is 2.44. The molecule has 8 heteroatoms. The van der Waals surface area contributed by atoms with Crippen LogP contribution in [0.15, 0.2) is 18.2 Å². The monoisotopic (exact) mass is 473 g/mol. The van der Waals surface area contributed by atoms with Crippen LogP contribution in [0.4, 0.5) is 13.2 Å². The highest BCUT2D eigenvalue weighted by atomic mass is 19.4. The van der Waals surface area contributed by atoms with E-state index in [0.29, 0.717) is 30.4 Å². The lowest BCUT2D eigenvalue weighted by molar-refractivity contribution is -0.132. The molecule has 33 heavy (non-hydrogen) atoms. The van der Waals surface area contributed by atoms with Crippen LogP contribution in [0, 0.1) is 17.8 Å². The van der Waals surface area contributed by atoms with Crippen LogP contribution < -0.4 is 10.1 Å². The molecular formula is C25H38F3NO4. The molecular weight excluding hydrogens is 435 g/mol. The molecule has 1 aromatic carbocycles. The van der Waals surface area contributed by atoms with Gasteiger partial charge in [-0.15, -0.1) is 0 Å². The molecule has 0 heterocycles. The second-order valence-electron chi connectivity index (χ2n) is 9.74. The Morgan fingerprint density at radius 1 is 1.15 bits per heavy atom. The Bertz CT molecular complexity index is 745. The first kappa shape index (κ1) is 26.3. The lowest BCUT2D eigenvalue weighted by Gasteiger charge is -2.32. The number of alkyl halides is 3. The summed E-state index contributed by atoms with van der Waals surface area (Å²) in [5.74, 6) is 1.42. The average Bonchev–Trinajstić information content (AvgIpc) is 3.06. The maximum Gasteiger partial charge on any atom is 0.401 e. The van der Waals surface area contributed by atoms with Crippen molar-refractivity contribution in [3.8, 4) is 5.75 Å². The van der Waals surface area contributed by atoms with Gasteiger partial charge in [-0.3, -0.25) is 5.32 Å². The lowest BCUT2D eigenvalue weighted by Crippen LogP contribution is -2.40. The second kappa shape index (κ2) is 11.9. The minimum atomic E-state index is -4.40. The quantitative estimate of drug-likeness (QED) is 0.273. The summed E-state index contributed by atoms with van der Waals surface area (Å²) in [7, 11) is 0. The first-order valence-electron chi connectivity index (χ1n) is 12.3. The lowest BCUT2D eigenvalue weighted by atomic mass is 9.73. The van der Waals surface area contributed by atoms with E-state index in [2.05, 4.69) is 6.92 Å². The number of ether oxygens (including phenoxy) is 1. The second-order valence-corrected chi connectivity index (χ2v) is 9.74. The molecule has 5 nitrogen and oxygen atoms in total. The summed E-state index contributed by atoms with van der Waals surface area (Å²) in [6.45, 7) is 0.592. The fourth-order valence-electron chi connectivity index (χ4n) is 5.56. The van der Waals surface area contributed by atoms with Gasteiger partial charge in [0, 0.05) is 0 Å². The van der Waals surface area contributed by atoms with E-state index in [1.54, 1.807) is 6.07 Å². The van der Waals surface area contributed by atoms with Gasteiger partial charge >= 0.3 is 6.18 Å². The van der Waals surface area contributed by atoms with Crippen molar-refractivity contribution in [2.24, 2.45) is 17.8 Å². The fourth-order valence-corrected chi connectivity index (χ4v) is 5.56. The third kappa shape index (κ3) is 7.57. The van der Waals surface area contributed by atoms with Gasteiger partial charge in [-0.2, -0.15) is 13.2 Å². The molecule has 188 valence electrons. The van der Waals surface area contributed by atoms with E-state index in [1.807, 2.05) is 17.4 Å². The van der Waals surface area contributed by atoms with Crippen LogP contribution in [-0.2, 0) is 12.8 Å². The Labute approximate surface area is 194 Å². The van der Waals surface area contributed by atoms with Crippen molar-refractivity contribution in [1.29, 1.82) is 0 Å². The molecule has 1 unspecified atom stereocenters. The summed E-state index contributed by atoms with van der Waals surface area (Å²) < 4.78 is 42.6. The van der Waals surface area contributed by atoms with Gasteiger partial charge in [0.25, 0.3) is 0 Å². The Kier molecular flexibility index (Phi) is 9.44. The molecule has 0 spiro atoms. The molecule has 0 radical (unpaired) electrons. The first-order chi connectivity index (χ1) is 15.7. The number of aliphatic hydroxyl groups is 3. The largest absolute Gasteiger partial charge is 0.489 e. The zero-order valence-electron chi connectivity index (χ0n) is 19.4. The molecule has 3 rings (SSSR count). The van der Waals surface area contributed by atoms with Crippen LogP contribution >= 0.6 is 0 Å². The molecule has 0 aromatic heterocycles. The van der Waals surface area contributed by atoms with Crippen molar-refractivity contribution in [3.63, 3.8) is 0 Å². The van der Waals surface area contributed by atoms with E-state index in [4.69, 9.17) is 4.74 Å². The minimum absolute atomic E-state index is 0.168. The Morgan fingerprint density at radius 2 is 1.94 bits per heavy atom. The maximum absolute atomic E-state index is 12.3. The van der Waals surface area contributed by atoms with Crippen LogP contribution in [0.1, 0.15) is 63.0 Å². The summed E-state index contributed by atoms with van der Waals surface area (Å²) >= 11 is 0. The van der Waals surface area contributed by atoms with Crippen molar-refractivity contribution < 1.29 is 33.2 Å². The highest BCUT2D eigenvalue weighted by Crippen LogP contribution is 2.48. The number of fused-ring (bicyclic) bond motifs is 2. The summed E-state index contributed by atoms with van der Waals surface area (Å²) in [4.78, 5) is 0. The van der Waals surface area contributed by atoms with E-state index in [0.717, 1.165) is 56.1 Å². The van der Waals surface area contributed by atoms with E-state index in [1.165, 1.54) is 0 Å². The first-order valence-corrected chi connectivity index (χ1v) is 12.3. The van der Waals surface area contributed by atoms with E-state index >= 15 is 0 Å². The zero-order valence-corrected chi connectivity index (χ0v) is 19.4. The van der Waals surface area contributed by atoms with Crippen molar-refractivity contribution in [1.82, 2.24) is 5.32 Å². The van der Waals surface area contributed by atoms with E-state index in [9.17, 15) is 28.5 Å². The molecule has 0 aliphatic heterocycles. The van der Waals surface area contributed by atoms with Gasteiger partial charge in [0.2, 0.25) is 0 Å². The summed E-state index contributed by atoms with van der Waals surface area (Å²) in [5.41, 5.74) is 2.16. The standard InChI is InChI=1S/C25H38F3NO4/c1-2-3-4-7-18(30)9-10-19-20-11-16-6-5-8-23(21(16)12-17(20)13-22(19)31)33-14-24(32)29-15-25(26,27)28/h5-6,8,17-20,22,24,29-32H,2-4,7,9-15H2,1H3/t17-,18+,19+,20-,22+,24?/m0/s1. The summed E-state index contributed by atoms with van der Waals surface area (Å²) in [6.07, 6.45) is 1.42. The SMILES string of the molecule is CCCCC[C@@H](O)CC[C@@H]1[C@H]2Cc3cccc(OCC(O)NCC(F)(F)F)c3C[C@H]2C[C@H]1O. The van der Waals surface area contributed by atoms with Gasteiger partial charge in [-0.25, -0.2) is 0 Å². The van der Waals surface area contributed by atoms with Crippen molar-refractivity contribution in [2.45, 2.75) is 89.3 Å². The van der Waals surface area contributed by atoms with Crippen molar-refractivity contribution in [2.75, 3.05) is 13.2 Å². The molecule has 6 atom stereocenters. The van der Waals surface area contributed by atoms with Gasteiger partial charge in [0.15, 0.2) is 0 Å². The Balaban J connectivity index is 1.57. The number of halogens is 3. The zero-order chi connectivity index (χ0) is 24.0. The molecule has 1 saturated carbocycles. The molecule has 2 aliphatic rings. The fraction of sp³-hybridized carbons (Fsp3) is 0.760. The Morgan fingerprint density at radius 3 is 2.67 bits per heavy atom. The predicted octanol–water partition coefficient (Wildman–Crippen LogP) is 3.97. The molecule has 0 amide bonds. The van der Waals surface area contributed by atoms with Crippen LogP contribution in [0.3, 0.4) is 0 Å². The number of hydrogen-bond acceptors (Lipinski definition) is 5. The molecule has 2 aliphatic carbocycles. The van der Waals surface area contributed by atoms with Gasteiger partial charge in [0.05, 0.1) is 18.8 Å². The molecule has 1 aromatic rings. The van der Waals surface area contributed by atoms with Crippen LogP contribution in [0.2, 0.25) is 0 Å². The Hall–Kier alpha value is -1.35. The van der Waals surface area contributed by atoms with Crippen molar-refractivity contribution >= 4 is 0 Å². The number of unbranched alkanes of at least 4 members (excludes halogenated alkanes) is 2. The average molecular weight is 474 g/mol. The normalized spacial score (nSPS) is 26.5. The number of hydrogen-bond donors (Lipinski definition) is 4. The third-order valence-corrected chi connectivity index (χ3v) is 7.25. The summed E-state index contributed by atoms with van der Waals surface area (Å²) in [6, 6.07) is 5.69. The van der Waals surface area contributed by atoms with Gasteiger partial charge in [-0.1, -0.05) is 38.3 Å². The molecule has 4 N–H and O–H groups in total. The minimum Gasteiger partial charge on any atom is -0.489 e. The van der Waals surface area contributed by atoms with Gasteiger partial charge in [-0.05, 0) is 73.5 Å². The maximum atomic E-state index is 12.3. The predicted molar refractivity (Wildman–Crippen MR) is 120 cm³/mol. The van der Waals surface area contributed by atoms with Crippen LogP contribution in [-0.4, -0.2) is 53.1 Å². The number of aliphatic hydroxyl groups excluding tert-OH is 3. The van der Waals surface area contributed by atoms with Crippen LogP contribution in [0.5, 0.6) is 5.75 Å². The molecule has 1 fully saturated rings. The number of rotatable bonds is 12. The van der Waals surface area contributed by atoms with Gasteiger partial charge in [0.1, 0.15) is 18.6 Å². The van der Waals surface area contributed by atoms with Gasteiger partial charge < -0.3 is 20.1 Å². The molecule has 0 bridgehead atoms. The van der Waals surface area contributed by atoms with E-state index in [-0.39, 0.29) is 24.7 Å². The van der Waals surface area contributed by atoms with Crippen LogP contribution in [0.25, 0.3) is 0 Å². The number of nitrogens with one attached hydrogen (secondary N) is 1. The topological polar surface area (TPSA) is 82.0 Å². The number of benzene rings is 1. The van der Waals surface area contributed by atoms with Crippen molar-refractivity contribution in [3.05, 3.63) is 29.3 Å². The molecule has 0 saturated heterocycles. The third-order valence-electron chi connectivity index (χ3n) is 7.25.